The van der Waals surface area contributed by atoms with Crippen LogP contribution >= 0.6 is 11.3 Å². The molecule has 0 aromatic carbocycles. The van der Waals surface area contributed by atoms with Crippen LogP contribution < -0.4 is 0 Å². The van der Waals surface area contributed by atoms with Gasteiger partial charge in [0, 0.05) is 6.07 Å². The molecule has 86 valence electrons. The first-order valence-electron chi connectivity index (χ1n) is 5.05. The first-order chi connectivity index (χ1) is 8.33. The van der Waals surface area contributed by atoms with Gasteiger partial charge in [-0.25, -0.2) is 4.68 Å². The third-order valence-corrected chi connectivity index (χ3v) is 3.23. The summed E-state index contributed by atoms with van der Waals surface area (Å²) in [5, 5.41) is 17.3. The van der Waals surface area contributed by atoms with Gasteiger partial charge in [0.05, 0.1) is 11.4 Å². The van der Waals surface area contributed by atoms with Crippen LogP contribution in [0, 0.1) is 6.92 Å². The van der Waals surface area contributed by atoms with Crippen LogP contribution in [0.2, 0.25) is 0 Å². The van der Waals surface area contributed by atoms with Gasteiger partial charge in [-0.3, -0.25) is 0 Å². The van der Waals surface area contributed by atoms with E-state index in [1.165, 1.54) is 0 Å². The second kappa shape index (κ2) is 4.10. The molecule has 3 aromatic rings. The van der Waals surface area contributed by atoms with E-state index in [-0.39, 0.29) is 0 Å². The minimum atomic E-state index is 0.522. The van der Waals surface area contributed by atoms with E-state index in [0.29, 0.717) is 6.54 Å². The Balaban J connectivity index is 1.84. The summed E-state index contributed by atoms with van der Waals surface area (Å²) in [5.41, 5.74) is 0.809. The fourth-order valence-electron chi connectivity index (χ4n) is 1.47. The number of nitrogens with zero attached hydrogens (tertiary/aromatic N) is 5. The quantitative estimate of drug-likeness (QED) is 0.705. The average molecular weight is 247 g/mol. The second-order valence-corrected chi connectivity index (χ2v) is 4.49. The zero-order valence-electron chi connectivity index (χ0n) is 9.07. The van der Waals surface area contributed by atoms with Gasteiger partial charge in [0.2, 0.25) is 0 Å². The Hall–Kier alpha value is -2.02. The lowest BCUT2D eigenvalue weighted by atomic mass is 10.3. The van der Waals surface area contributed by atoms with Crippen LogP contribution in [-0.4, -0.2) is 25.4 Å². The molecule has 0 fully saturated rings. The van der Waals surface area contributed by atoms with E-state index < -0.39 is 0 Å². The molecule has 3 aromatic heterocycles. The number of hydrogen-bond donors (Lipinski definition) is 0. The van der Waals surface area contributed by atoms with Gasteiger partial charge in [0.1, 0.15) is 11.5 Å². The third kappa shape index (κ3) is 1.96. The topological polar surface area (TPSA) is 69.6 Å². The van der Waals surface area contributed by atoms with Crippen LogP contribution in [0.1, 0.15) is 11.5 Å². The van der Waals surface area contributed by atoms with E-state index in [1.807, 2.05) is 30.5 Å². The van der Waals surface area contributed by atoms with Crippen LogP contribution in [0.4, 0.5) is 0 Å². The van der Waals surface area contributed by atoms with E-state index in [9.17, 15) is 0 Å². The smallest absolute Gasteiger partial charge is 0.177 e. The average Bonchev–Trinajstić information content (AvgIpc) is 3.02. The lowest BCUT2D eigenvalue weighted by Gasteiger charge is -1.95. The molecule has 17 heavy (non-hydrogen) atoms. The van der Waals surface area contributed by atoms with Crippen molar-refractivity contribution >= 4 is 11.3 Å². The van der Waals surface area contributed by atoms with Crippen LogP contribution in [0.15, 0.2) is 28.1 Å². The summed E-state index contributed by atoms with van der Waals surface area (Å²) in [6, 6.07) is 5.89. The first-order valence-corrected chi connectivity index (χ1v) is 5.93. The number of rotatable bonds is 3. The van der Waals surface area contributed by atoms with Crippen molar-refractivity contribution in [2.75, 3.05) is 0 Å². The molecule has 3 heterocycles. The molecule has 0 spiro atoms. The summed E-state index contributed by atoms with van der Waals surface area (Å²) in [6.07, 6.45) is 0. The van der Waals surface area contributed by atoms with E-state index >= 15 is 0 Å². The van der Waals surface area contributed by atoms with E-state index in [2.05, 4.69) is 20.7 Å². The Bertz CT molecular complexity index is 612. The van der Waals surface area contributed by atoms with Gasteiger partial charge in [-0.1, -0.05) is 11.2 Å². The molecule has 0 unspecified atom stereocenters. The summed E-state index contributed by atoms with van der Waals surface area (Å²) >= 11 is 1.62. The second-order valence-electron chi connectivity index (χ2n) is 3.54. The van der Waals surface area contributed by atoms with Gasteiger partial charge in [-0.15, -0.1) is 16.4 Å². The Kier molecular flexibility index (Phi) is 2.45. The largest absolute Gasteiger partial charge is 0.355 e. The molecule has 7 heteroatoms. The van der Waals surface area contributed by atoms with Crippen molar-refractivity contribution in [3.8, 4) is 10.6 Å². The van der Waals surface area contributed by atoms with E-state index in [4.69, 9.17) is 4.52 Å². The van der Waals surface area contributed by atoms with Crippen molar-refractivity contribution < 1.29 is 4.52 Å². The Morgan fingerprint density at radius 3 is 3.12 bits per heavy atom. The molecule has 0 N–H and O–H groups in total. The van der Waals surface area contributed by atoms with E-state index in [0.717, 1.165) is 22.2 Å². The van der Waals surface area contributed by atoms with Gasteiger partial charge in [0.15, 0.2) is 5.76 Å². The number of aromatic nitrogens is 5. The molecule has 0 radical (unpaired) electrons. The van der Waals surface area contributed by atoms with Gasteiger partial charge >= 0.3 is 0 Å². The lowest BCUT2D eigenvalue weighted by Crippen LogP contribution is -2.04. The van der Waals surface area contributed by atoms with Crippen molar-refractivity contribution in [2.45, 2.75) is 13.5 Å². The van der Waals surface area contributed by atoms with Gasteiger partial charge in [-0.2, -0.15) is 0 Å². The summed E-state index contributed by atoms with van der Waals surface area (Å²) in [7, 11) is 0. The highest BCUT2D eigenvalue weighted by atomic mass is 32.1. The molecule has 0 aliphatic heterocycles. The standard InChI is InChI=1S/C10H9N5OS/c1-7-11-13-14-15(7)6-8-5-9(16-12-8)10-3-2-4-17-10/h2-5H,6H2,1H3. The van der Waals surface area contributed by atoms with Gasteiger partial charge in [-0.05, 0) is 28.8 Å². The molecule has 0 atom stereocenters. The van der Waals surface area contributed by atoms with Crippen molar-refractivity contribution in [1.29, 1.82) is 0 Å². The fourth-order valence-corrected chi connectivity index (χ4v) is 2.14. The number of thiophene rings is 1. The normalized spacial score (nSPS) is 10.9. The zero-order chi connectivity index (χ0) is 11.7. The highest BCUT2D eigenvalue weighted by Gasteiger charge is 2.09. The van der Waals surface area contributed by atoms with Gasteiger partial charge in [0.25, 0.3) is 0 Å². The molecule has 0 amide bonds. The fraction of sp³-hybridized carbons (Fsp3) is 0.200. The van der Waals surface area contributed by atoms with Crippen LogP contribution in [0.3, 0.4) is 0 Å². The summed E-state index contributed by atoms with van der Waals surface area (Å²) in [6.45, 7) is 2.37. The van der Waals surface area contributed by atoms with E-state index in [1.54, 1.807) is 16.0 Å². The summed E-state index contributed by atoms with van der Waals surface area (Å²) in [4.78, 5) is 1.07. The van der Waals surface area contributed by atoms with Crippen molar-refractivity contribution in [1.82, 2.24) is 25.4 Å². The maximum absolute atomic E-state index is 5.28. The van der Waals surface area contributed by atoms with Crippen molar-refractivity contribution in [3.05, 3.63) is 35.1 Å². The molecule has 6 nitrogen and oxygen atoms in total. The molecular formula is C10H9N5OS. The Morgan fingerprint density at radius 2 is 2.41 bits per heavy atom. The third-order valence-electron chi connectivity index (χ3n) is 2.35. The molecule has 0 aliphatic carbocycles. The molecule has 0 saturated heterocycles. The summed E-state index contributed by atoms with van der Waals surface area (Å²) in [5.74, 6) is 1.53. The number of hydrogen-bond acceptors (Lipinski definition) is 6. The van der Waals surface area contributed by atoms with Gasteiger partial charge < -0.3 is 4.52 Å². The lowest BCUT2D eigenvalue weighted by molar-refractivity contribution is 0.419. The number of aryl methyl sites for hydroxylation is 1. The van der Waals surface area contributed by atoms with Crippen LogP contribution in [0.5, 0.6) is 0 Å². The molecular weight excluding hydrogens is 238 g/mol. The minimum Gasteiger partial charge on any atom is -0.355 e. The van der Waals surface area contributed by atoms with Crippen molar-refractivity contribution in [2.24, 2.45) is 0 Å². The molecule has 0 saturated carbocycles. The molecule has 0 aliphatic rings. The number of tetrazole rings is 1. The maximum Gasteiger partial charge on any atom is 0.177 e. The SMILES string of the molecule is Cc1nnnn1Cc1cc(-c2cccs2)on1. The first kappa shape index (κ1) is 10.2. The predicted molar refractivity (Wildman–Crippen MR) is 61.5 cm³/mol. The van der Waals surface area contributed by atoms with Crippen LogP contribution in [0.25, 0.3) is 10.6 Å². The Labute approximate surface area is 101 Å². The maximum atomic E-state index is 5.28. The summed E-state index contributed by atoms with van der Waals surface area (Å²) < 4.78 is 6.95. The van der Waals surface area contributed by atoms with Crippen LogP contribution in [-0.2, 0) is 6.54 Å². The predicted octanol–water partition coefficient (Wildman–Crippen LogP) is 1.75. The monoisotopic (exact) mass is 247 g/mol. The highest BCUT2D eigenvalue weighted by molar-refractivity contribution is 7.13. The highest BCUT2D eigenvalue weighted by Crippen LogP contribution is 2.25. The Morgan fingerprint density at radius 1 is 1.47 bits per heavy atom. The molecule has 3 rings (SSSR count). The zero-order valence-corrected chi connectivity index (χ0v) is 9.89. The molecule has 0 bridgehead atoms. The van der Waals surface area contributed by atoms with Crippen molar-refractivity contribution in [3.63, 3.8) is 0 Å². The minimum absolute atomic E-state index is 0.522.